The first-order valence-corrected chi connectivity index (χ1v) is 14.2. The van der Waals surface area contributed by atoms with Gasteiger partial charge in [-0.05, 0) is 61.7 Å². The fourth-order valence-corrected chi connectivity index (χ4v) is 5.53. The average molecular weight is 493 g/mol. The molecule has 0 amide bonds. The zero-order valence-electron chi connectivity index (χ0n) is 20.7. The molecule has 3 aromatic rings. The Bertz CT molecular complexity index is 1210. The van der Waals surface area contributed by atoms with Crippen LogP contribution in [0, 0.1) is 6.92 Å². The lowest BCUT2D eigenvalue weighted by atomic mass is 9.83. The van der Waals surface area contributed by atoms with E-state index < -0.39 is 15.4 Å². The van der Waals surface area contributed by atoms with E-state index in [0.29, 0.717) is 11.3 Å². The zero-order valence-corrected chi connectivity index (χ0v) is 21.5. The molecule has 1 fully saturated rings. The zero-order chi connectivity index (χ0) is 24.9. The van der Waals surface area contributed by atoms with E-state index in [0.717, 1.165) is 67.9 Å². The molecule has 0 radical (unpaired) electrons. The van der Waals surface area contributed by atoms with Gasteiger partial charge in [0.25, 0.3) is 0 Å². The number of aliphatic hydroxyl groups is 1. The fourth-order valence-electron chi connectivity index (χ4n) is 4.90. The molecule has 0 aromatic heterocycles. The quantitative estimate of drug-likeness (QED) is 0.510. The van der Waals surface area contributed by atoms with Crippen molar-refractivity contribution in [1.82, 2.24) is 9.80 Å². The molecule has 1 saturated heterocycles. The van der Waals surface area contributed by atoms with Gasteiger partial charge in [-0.2, -0.15) is 0 Å². The third kappa shape index (κ3) is 6.58. The highest BCUT2D eigenvalue weighted by Gasteiger charge is 2.32. The number of nitrogens with zero attached hydrogens (tertiary/aromatic N) is 2. The minimum Gasteiger partial charge on any atom is -0.380 e. The molecule has 1 unspecified atom stereocenters. The summed E-state index contributed by atoms with van der Waals surface area (Å²) in [6.07, 6.45) is 2.94. The molecule has 1 N–H and O–H groups in total. The van der Waals surface area contributed by atoms with Gasteiger partial charge < -0.3 is 10.0 Å². The lowest BCUT2D eigenvalue weighted by molar-refractivity contribution is 0.0576. The largest absolute Gasteiger partial charge is 0.380 e. The number of sulfone groups is 1. The molecule has 1 atom stereocenters. The summed E-state index contributed by atoms with van der Waals surface area (Å²) in [6.45, 7) is 7.59. The van der Waals surface area contributed by atoms with E-state index in [4.69, 9.17) is 0 Å². The van der Waals surface area contributed by atoms with Crippen LogP contribution in [0.4, 0.5) is 0 Å². The molecule has 0 aliphatic carbocycles. The second-order valence-electron chi connectivity index (χ2n) is 9.73. The maximum Gasteiger partial charge on any atom is 0.175 e. The van der Waals surface area contributed by atoms with E-state index in [2.05, 4.69) is 28.9 Å². The van der Waals surface area contributed by atoms with Crippen molar-refractivity contribution in [3.05, 3.63) is 101 Å². The summed E-state index contributed by atoms with van der Waals surface area (Å²) in [4.78, 5) is 5.25. The normalized spacial score (nSPS) is 17.6. The number of hydrogen-bond acceptors (Lipinski definition) is 5. The highest BCUT2D eigenvalue weighted by atomic mass is 32.2. The molecule has 6 heteroatoms. The van der Waals surface area contributed by atoms with Crippen LogP contribution in [0.15, 0.2) is 83.8 Å². The predicted molar refractivity (Wildman–Crippen MR) is 141 cm³/mol. The molecule has 1 aliphatic rings. The van der Waals surface area contributed by atoms with Crippen molar-refractivity contribution >= 4 is 9.84 Å². The van der Waals surface area contributed by atoms with Gasteiger partial charge in [0.05, 0.1) is 4.90 Å². The first-order chi connectivity index (χ1) is 16.7. The van der Waals surface area contributed by atoms with Crippen LogP contribution in [0.1, 0.15) is 35.1 Å². The Kier molecular flexibility index (Phi) is 8.07. The maximum atomic E-state index is 11.9. The Hall–Kier alpha value is -2.51. The van der Waals surface area contributed by atoms with Crippen LogP contribution in [0.3, 0.4) is 0 Å². The molecule has 5 nitrogen and oxygen atoms in total. The van der Waals surface area contributed by atoms with Crippen molar-refractivity contribution < 1.29 is 13.5 Å². The maximum absolute atomic E-state index is 11.9. The molecule has 186 valence electrons. The van der Waals surface area contributed by atoms with Gasteiger partial charge in [-0.25, -0.2) is 8.42 Å². The van der Waals surface area contributed by atoms with Crippen LogP contribution in [-0.4, -0.2) is 62.3 Å². The molecule has 1 heterocycles. The van der Waals surface area contributed by atoms with E-state index in [1.165, 1.54) is 6.26 Å². The lowest BCUT2D eigenvalue weighted by Gasteiger charge is -2.32. The first kappa shape index (κ1) is 25.6. The van der Waals surface area contributed by atoms with Crippen molar-refractivity contribution in [3.63, 3.8) is 0 Å². The van der Waals surface area contributed by atoms with Gasteiger partial charge >= 0.3 is 0 Å². The van der Waals surface area contributed by atoms with Gasteiger partial charge in [-0.1, -0.05) is 72.3 Å². The molecule has 0 bridgehead atoms. The van der Waals surface area contributed by atoms with Gasteiger partial charge in [-0.3, -0.25) is 4.90 Å². The Labute approximate surface area is 209 Å². The first-order valence-electron chi connectivity index (χ1n) is 12.3. The molecular formula is C29H36N2O3S. The Morgan fingerprint density at radius 3 is 2.17 bits per heavy atom. The third-order valence-electron chi connectivity index (χ3n) is 6.98. The lowest BCUT2D eigenvalue weighted by Crippen LogP contribution is -2.36. The monoisotopic (exact) mass is 492 g/mol. The molecule has 0 saturated carbocycles. The summed E-state index contributed by atoms with van der Waals surface area (Å²) >= 11 is 0. The molecular weight excluding hydrogens is 456 g/mol. The van der Waals surface area contributed by atoms with E-state index in [1.807, 2.05) is 54.6 Å². The SMILES string of the molecule is Cc1cccc(C(O)(CCN2CCCN(Cc3ccc(S(C)(=O)=O)cc3)CC2)c2ccccc2)c1. The molecule has 4 rings (SSSR count). The topological polar surface area (TPSA) is 60.9 Å². The van der Waals surface area contributed by atoms with Gasteiger partial charge in [0.1, 0.15) is 5.60 Å². The number of rotatable bonds is 8. The Morgan fingerprint density at radius 2 is 1.49 bits per heavy atom. The molecule has 1 aliphatic heterocycles. The molecule has 0 spiro atoms. The van der Waals surface area contributed by atoms with Crippen LogP contribution < -0.4 is 0 Å². The highest BCUT2D eigenvalue weighted by Crippen LogP contribution is 2.33. The number of aryl methyl sites for hydroxylation is 1. The van der Waals surface area contributed by atoms with E-state index in [-0.39, 0.29) is 0 Å². The summed E-state index contributed by atoms with van der Waals surface area (Å²) in [5.41, 5.74) is 3.12. The van der Waals surface area contributed by atoms with Crippen molar-refractivity contribution in [3.8, 4) is 0 Å². The predicted octanol–water partition coefficient (Wildman–Crippen LogP) is 4.23. The smallest absolute Gasteiger partial charge is 0.175 e. The average Bonchev–Trinajstić information content (AvgIpc) is 3.08. The molecule has 3 aromatic carbocycles. The van der Waals surface area contributed by atoms with Crippen LogP contribution >= 0.6 is 0 Å². The second kappa shape index (κ2) is 11.0. The standard InChI is InChI=1S/C29H36N2O3S/c1-24-8-6-11-27(22-24)29(32,26-9-4-3-5-10-26)16-19-30-17-7-18-31(21-20-30)23-25-12-14-28(15-13-25)35(2,33)34/h3-6,8-15,22,32H,7,16-21,23H2,1-2H3. The number of hydrogen-bond donors (Lipinski definition) is 1. The van der Waals surface area contributed by atoms with Crippen molar-refractivity contribution in [2.45, 2.75) is 36.8 Å². The van der Waals surface area contributed by atoms with Gasteiger partial charge in [0, 0.05) is 32.4 Å². The van der Waals surface area contributed by atoms with Crippen LogP contribution in [-0.2, 0) is 22.0 Å². The van der Waals surface area contributed by atoms with Crippen LogP contribution in [0.5, 0.6) is 0 Å². The van der Waals surface area contributed by atoms with Crippen molar-refractivity contribution in [2.24, 2.45) is 0 Å². The summed E-state index contributed by atoms with van der Waals surface area (Å²) in [6, 6.07) is 25.4. The number of benzene rings is 3. The van der Waals surface area contributed by atoms with Crippen LogP contribution in [0.2, 0.25) is 0 Å². The van der Waals surface area contributed by atoms with E-state index >= 15 is 0 Å². The van der Waals surface area contributed by atoms with Crippen molar-refractivity contribution in [2.75, 3.05) is 39.0 Å². The van der Waals surface area contributed by atoms with Crippen molar-refractivity contribution in [1.29, 1.82) is 0 Å². The van der Waals surface area contributed by atoms with E-state index in [1.54, 1.807) is 12.1 Å². The van der Waals surface area contributed by atoms with Gasteiger partial charge in [0.15, 0.2) is 9.84 Å². The summed E-state index contributed by atoms with van der Waals surface area (Å²) in [5.74, 6) is 0. The minimum absolute atomic E-state index is 0.364. The van der Waals surface area contributed by atoms with Gasteiger partial charge in [0.2, 0.25) is 0 Å². The Balaban J connectivity index is 1.39. The fraction of sp³-hybridized carbons (Fsp3) is 0.379. The minimum atomic E-state index is -3.17. The Morgan fingerprint density at radius 1 is 0.829 bits per heavy atom. The summed E-state index contributed by atoms with van der Waals surface area (Å²) < 4.78 is 23.4. The van der Waals surface area contributed by atoms with E-state index in [9.17, 15) is 13.5 Å². The highest BCUT2D eigenvalue weighted by molar-refractivity contribution is 7.90. The third-order valence-corrected chi connectivity index (χ3v) is 8.10. The summed E-state index contributed by atoms with van der Waals surface area (Å²) in [7, 11) is -3.17. The second-order valence-corrected chi connectivity index (χ2v) is 11.7. The molecule has 35 heavy (non-hydrogen) atoms. The summed E-state index contributed by atoms with van der Waals surface area (Å²) in [5, 5.41) is 11.9. The van der Waals surface area contributed by atoms with Gasteiger partial charge in [-0.15, -0.1) is 0 Å². The van der Waals surface area contributed by atoms with Crippen LogP contribution in [0.25, 0.3) is 0 Å².